The van der Waals surface area contributed by atoms with Gasteiger partial charge in [0.15, 0.2) is 0 Å². The fourth-order valence-electron chi connectivity index (χ4n) is 1.80. The fraction of sp³-hybridized carbons (Fsp3) is 0.375. The molecule has 2 aromatic rings. The van der Waals surface area contributed by atoms with Crippen molar-refractivity contribution < 1.29 is 9.15 Å². The van der Waals surface area contributed by atoms with Gasteiger partial charge in [-0.2, -0.15) is 0 Å². The van der Waals surface area contributed by atoms with E-state index in [9.17, 15) is 0 Å². The van der Waals surface area contributed by atoms with Crippen molar-refractivity contribution in [1.29, 1.82) is 0 Å². The lowest BCUT2D eigenvalue weighted by molar-refractivity contribution is 0.391. The molecule has 116 valence electrons. The number of ether oxygens (including phenoxy) is 1. The Morgan fingerprint density at radius 1 is 1.19 bits per heavy atom. The molecule has 3 nitrogen and oxygen atoms in total. The zero-order valence-electron chi connectivity index (χ0n) is 12.7. The van der Waals surface area contributed by atoms with Crippen LogP contribution in [0.5, 0.6) is 5.75 Å². The fourth-order valence-corrected chi connectivity index (χ4v) is 2.06. The third-order valence-electron chi connectivity index (χ3n) is 2.89. The monoisotopic (exact) mass is 329 g/mol. The van der Waals surface area contributed by atoms with Crippen LogP contribution >= 0.6 is 24.0 Å². The maximum absolute atomic E-state index is 6.13. The van der Waals surface area contributed by atoms with Gasteiger partial charge in [0.05, 0.1) is 18.7 Å². The van der Waals surface area contributed by atoms with Gasteiger partial charge in [-0.3, -0.25) is 0 Å². The maximum Gasteiger partial charge on any atom is 0.137 e. The third-order valence-corrected chi connectivity index (χ3v) is 3.19. The minimum absolute atomic E-state index is 0. The van der Waals surface area contributed by atoms with Crippen molar-refractivity contribution in [3.8, 4) is 17.1 Å². The van der Waals surface area contributed by atoms with E-state index in [1.165, 1.54) is 0 Å². The van der Waals surface area contributed by atoms with Crippen LogP contribution in [0.2, 0.25) is 5.02 Å². The molecule has 1 aromatic carbocycles. The summed E-state index contributed by atoms with van der Waals surface area (Å²) in [5, 5.41) is 3.97. The number of rotatable bonds is 4. The van der Waals surface area contributed by atoms with Crippen molar-refractivity contribution in [3.05, 3.63) is 41.1 Å². The molecule has 5 heteroatoms. The normalized spacial score (nSPS) is 11.1. The molecule has 0 aliphatic heterocycles. The molecule has 2 rings (SSSR count). The first kappa shape index (κ1) is 17.9. The van der Waals surface area contributed by atoms with Crippen molar-refractivity contribution in [2.45, 2.75) is 32.9 Å². The van der Waals surface area contributed by atoms with Crippen LogP contribution in [0.25, 0.3) is 11.3 Å². The summed E-state index contributed by atoms with van der Waals surface area (Å²) >= 11 is 6.13. The number of methoxy groups -OCH3 is 1. The van der Waals surface area contributed by atoms with E-state index in [0.29, 0.717) is 17.3 Å². The second-order valence-corrected chi connectivity index (χ2v) is 6.13. The lowest BCUT2D eigenvalue weighted by atomic mass is 10.1. The topological polar surface area (TPSA) is 34.4 Å². The zero-order valence-corrected chi connectivity index (χ0v) is 14.3. The molecule has 0 aliphatic carbocycles. The molecule has 0 amide bonds. The largest absolute Gasteiger partial charge is 0.495 e. The molecule has 1 aromatic heterocycles. The van der Waals surface area contributed by atoms with E-state index < -0.39 is 0 Å². The van der Waals surface area contributed by atoms with Crippen LogP contribution in [0.4, 0.5) is 0 Å². The first-order valence-electron chi connectivity index (χ1n) is 6.57. The number of nitrogens with one attached hydrogen (secondary N) is 1. The van der Waals surface area contributed by atoms with Crippen molar-refractivity contribution in [2.24, 2.45) is 0 Å². The molecule has 0 unspecified atom stereocenters. The summed E-state index contributed by atoms with van der Waals surface area (Å²) in [6.07, 6.45) is 0. The Morgan fingerprint density at radius 3 is 2.48 bits per heavy atom. The summed E-state index contributed by atoms with van der Waals surface area (Å²) in [7, 11) is 1.60. The Morgan fingerprint density at radius 2 is 1.90 bits per heavy atom. The minimum atomic E-state index is 0. The zero-order chi connectivity index (χ0) is 14.8. The first-order chi connectivity index (χ1) is 9.39. The molecule has 0 atom stereocenters. The molecular formula is C16H21Cl2NO2. The molecule has 0 saturated carbocycles. The molecular weight excluding hydrogens is 309 g/mol. The van der Waals surface area contributed by atoms with E-state index in [4.69, 9.17) is 20.8 Å². The summed E-state index contributed by atoms with van der Waals surface area (Å²) < 4.78 is 11.0. The van der Waals surface area contributed by atoms with E-state index in [2.05, 4.69) is 26.1 Å². The quantitative estimate of drug-likeness (QED) is 0.864. The van der Waals surface area contributed by atoms with Gasteiger partial charge < -0.3 is 14.5 Å². The number of furan rings is 1. The smallest absolute Gasteiger partial charge is 0.137 e. The van der Waals surface area contributed by atoms with Crippen molar-refractivity contribution in [1.82, 2.24) is 5.32 Å². The van der Waals surface area contributed by atoms with Crippen molar-refractivity contribution in [2.75, 3.05) is 7.11 Å². The summed E-state index contributed by atoms with van der Waals surface area (Å²) in [5.41, 5.74) is 1.01. The number of hydrogen-bond donors (Lipinski definition) is 1. The number of halogens is 2. The Kier molecular flexibility index (Phi) is 6.14. The highest BCUT2D eigenvalue weighted by Gasteiger charge is 2.11. The highest BCUT2D eigenvalue weighted by Crippen LogP contribution is 2.31. The van der Waals surface area contributed by atoms with Gasteiger partial charge in [0.2, 0.25) is 0 Å². The van der Waals surface area contributed by atoms with Crippen LogP contribution in [0, 0.1) is 0 Å². The second kappa shape index (κ2) is 7.21. The van der Waals surface area contributed by atoms with Crippen molar-refractivity contribution >= 4 is 24.0 Å². The molecule has 0 saturated heterocycles. The second-order valence-electron chi connectivity index (χ2n) is 5.72. The van der Waals surface area contributed by atoms with Gasteiger partial charge in [0.1, 0.15) is 17.3 Å². The Balaban J connectivity index is 0.00000220. The summed E-state index contributed by atoms with van der Waals surface area (Å²) in [5.74, 6) is 2.37. The molecule has 0 spiro atoms. The van der Waals surface area contributed by atoms with Crippen LogP contribution in [0.15, 0.2) is 34.7 Å². The van der Waals surface area contributed by atoms with Crippen LogP contribution < -0.4 is 10.1 Å². The molecule has 1 heterocycles. The SMILES string of the molecule is COc1ccc(-c2ccc(CNC(C)(C)C)o2)cc1Cl.Cl. The van der Waals surface area contributed by atoms with E-state index in [0.717, 1.165) is 17.1 Å². The van der Waals surface area contributed by atoms with E-state index in [-0.39, 0.29) is 17.9 Å². The van der Waals surface area contributed by atoms with Crippen molar-refractivity contribution in [3.63, 3.8) is 0 Å². The standard InChI is InChI=1S/C16H20ClNO2.ClH/c1-16(2,3)18-10-12-6-8-14(20-12)11-5-7-15(19-4)13(17)9-11;/h5-9,18H,10H2,1-4H3;1H. The van der Waals surface area contributed by atoms with Gasteiger partial charge in [-0.25, -0.2) is 0 Å². The van der Waals surface area contributed by atoms with Gasteiger partial charge >= 0.3 is 0 Å². The van der Waals surface area contributed by atoms with E-state index in [1.54, 1.807) is 7.11 Å². The predicted molar refractivity (Wildman–Crippen MR) is 89.5 cm³/mol. The maximum atomic E-state index is 6.13. The van der Waals surface area contributed by atoms with Gasteiger partial charge in [-0.15, -0.1) is 12.4 Å². The average Bonchev–Trinajstić information content (AvgIpc) is 2.84. The van der Waals surface area contributed by atoms with Crippen LogP contribution in [0.1, 0.15) is 26.5 Å². The Bertz CT molecular complexity index is 588. The number of hydrogen-bond acceptors (Lipinski definition) is 3. The summed E-state index contributed by atoms with van der Waals surface area (Å²) in [6, 6.07) is 9.56. The average molecular weight is 330 g/mol. The van der Waals surface area contributed by atoms with E-state index >= 15 is 0 Å². The van der Waals surface area contributed by atoms with Gasteiger partial charge in [0.25, 0.3) is 0 Å². The Labute approximate surface area is 137 Å². The van der Waals surface area contributed by atoms with Gasteiger partial charge in [-0.05, 0) is 51.1 Å². The molecule has 1 N–H and O–H groups in total. The first-order valence-corrected chi connectivity index (χ1v) is 6.94. The number of benzene rings is 1. The highest BCUT2D eigenvalue weighted by molar-refractivity contribution is 6.32. The van der Waals surface area contributed by atoms with Crippen LogP contribution in [-0.4, -0.2) is 12.6 Å². The molecule has 0 fully saturated rings. The molecule has 21 heavy (non-hydrogen) atoms. The molecule has 0 bridgehead atoms. The summed E-state index contributed by atoms with van der Waals surface area (Å²) in [4.78, 5) is 0. The van der Waals surface area contributed by atoms with Gasteiger partial charge in [0, 0.05) is 11.1 Å². The minimum Gasteiger partial charge on any atom is -0.495 e. The highest BCUT2D eigenvalue weighted by atomic mass is 35.5. The Hall–Kier alpha value is -1.16. The van der Waals surface area contributed by atoms with E-state index in [1.807, 2.05) is 30.3 Å². The van der Waals surface area contributed by atoms with Crippen LogP contribution in [0.3, 0.4) is 0 Å². The predicted octanol–water partition coefficient (Wildman–Crippen LogP) is 4.92. The lowest BCUT2D eigenvalue weighted by Gasteiger charge is -2.19. The third kappa shape index (κ3) is 4.95. The molecule has 0 radical (unpaired) electrons. The lowest BCUT2D eigenvalue weighted by Crippen LogP contribution is -2.34. The van der Waals surface area contributed by atoms with Crippen LogP contribution in [-0.2, 0) is 6.54 Å². The summed E-state index contributed by atoms with van der Waals surface area (Å²) in [6.45, 7) is 7.08. The van der Waals surface area contributed by atoms with Gasteiger partial charge in [-0.1, -0.05) is 11.6 Å². The molecule has 0 aliphatic rings.